The van der Waals surface area contributed by atoms with Gasteiger partial charge in [-0.3, -0.25) is 0 Å². The summed E-state index contributed by atoms with van der Waals surface area (Å²) in [5.41, 5.74) is 11.4. The molecule has 1 fully saturated rings. The lowest BCUT2D eigenvalue weighted by molar-refractivity contribution is 0.195. The van der Waals surface area contributed by atoms with E-state index in [4.69, 9.17) is 11.6 Å². The summed E-state index contributed by atoms with van der Waals surface area (Å²) in [4.78, 5) is 9.70. The average molecular weight is 690 g/mol. The molecule has 1 aliphatic carbocycles. The second kappa shape index (κ2) is 12.0. The molecule has 2 atom stereocenters. The zero-order chi connectivity index (χ0) is 34.0. The van der Waals surface area contributed by atoms with E-state index < -0.39 is 0 Å². The maximum atomic E-state index is 7.85. The van der Waals surface area contributed by atoms with Crippen molar-refractivity contribution in [1.82, 2.24) is 0 Å². The van der Waals surface area contributed by atoms with Crippen LogP contribution in [0.25, 0.3) is 0 Å². The Bertz CT molecular complexity index is 2250. The Morgan fingerprint density at radius 1 is 0.540 bits per heavy atom. The lowest BCUT2D eigenvalue weighted by Crippen LogP contribution is -2.54. The van der Waals surface area contributed by atoms with Crippen molar-refractivity contribution in [2.45, 2.75) is 67.2 Å². The minimum Gasteiger partial charge on any atom is -0.333 e. The van der Waals surface area contributed by atoms with Gasteiger partial charge in [-0.05, 0) is 111 Å². The van der Waals surface area contributed by atoms with E-state index in [1.165, 1.54) is 41.0 Å². The Morgan fingerprint density at radius 2 is 1.10 bits per heavy atom. The van der Waals surface area contributed by atoms with Crippen LogP contribution in [0.1, 0.15) is 50.7 Å². The molecule has 3 nitrogen and oxygen atoms in total. The highest BCUT2D eigenvalue weighted by Gasteiger charge is 2.57. The van der Waals surface area contributed by atoms with Crippen LogP contribution in [0.2, 0.25) is 5.02 Å². The number of nitrogens with zero attached hydrogens (tertiary/aromatic N) is 3. The molecule has 2 bridgehead atoms. The average Bonchev–Trinajstić information content (AvgIpc) is 3.35. The van der Waals surface area contributed by atoms with Gasteiger partial charge in [-0.15, -0.1) is 0 Å². The first kappa shape index (κ1) is 31.3. The van der Waals surface area contributed by atoms with E-state index in [2.05, 4.69) is 175 Å². The summed E-state index contributed by atoms with van der Waals surface area (Å²) in [6, 6.07) is 50.6. The van der Waals surface area contributed by atoms with E-state index >= 15 is 0 Å². The summed E-state index contributed by atoms with van der Waals surface area (Å²) in [7, 11) is 0. The Labute approximate surface area is 305 Å². The third-order valence-corrected chi connectivity index (χ3v) is 13.0. The van der Waals surface area contributed by atoms with Gasteiger partial charge in [-0.25, -0.2) is 0 Å². The first-order valence-electron chi connectivity index (χ1n) is 17.7. The number of hydrogen-bond donors (Lipinski definition) is 0. The van der Waals surface area contributed by atoms with E-state index in [0.717, 1.165) is 56.2 Å². The van der Waals surface area contributed by atoms with Crippen LogP contribution in [0.15, 0.2) is 149 Å². The fourth-order valence-corrected chi connectivity index (χ4v) is 10.2. The van der Waals surface area contributed by atoms with Gasteiger partial charge < -0.3 is 14.7 Å². The van der Waals surface area contributed by atoms with Crippen molar-refractivity contribution in [2.75, 3.05) is 14.7 Å². The van der Waals surface area contributed by atoms with E-state index in [-0.39, 0.29) is 11.0 Å². The van der Waals surface area contributed by atoms with Crippen LogP contribution in [-0.2, 0) is 5.41 Å². The number of anilines is 8. The van der Waals surface area contributed by atoms with Gasteiger partial charge in [-0.1, -0.05) is 110 Å². The molecule has 5 heteroatoms. The molecule has 248 valence electrons. The maximum Gasteiger partial charge on any atom is 0.0883 e. The first-order chi connectivity index (χ1) is 24.4. The molecule has 50 heavy (non-hydrogen) atoms. The zero-order valence-electron chi connectivity index (χ0n) is 28.7. The predicted octanol–water partition coefficient (Wildman–Crippen LogP) is 13.8. The molecule has 2 unspecified atom stereocenters. The van der Waals surface area contributed by atoms with Gasteiger partial charge in [0.15, 0.2) is 0 Å². The molecule has 9 rings (SSSR count). The molecule has 0 amide bonds. The second-order valence-corrected chi connectivity index (χ2v) is 15.8. The smallest absolute Gasteiger partial charge is 0.0883 e. The van der Waals surface area contributed by atoms with Crippen molar-refractivity contribution < 1.29 is 0 Å². The topological polar surface area (TPSA) is 9.72 Å². The number of para-hydroxylation sites is 4. The number of benzene rings is 6. The van der Waals surface area contributed by atoms with Gasteiger partial charge in [0.25, 0.3) is 0 Å². The molecule has 0 radical (unpaired) electrons. The van der Waals surface area contributed by atoms with Gasteiger partial charge >= 0.3 is 0 Å². The molecule has 2 aliphatic heterocycles. The summed E-state index contributed by atoms with van der Waals surface area (Å²) < 4.78 is 0. The summed E-state index contributed by atoms with van der Waals surface area (Å²) in [5.74, 6) is 0. The van der Waals surface area contributed by atoms with Crippen LogP contribution in [0.4, 0.5) is 45.5 Å². The fourth-order valence-electron chi connectivity index (χ4n) is 8.89. The Balaban J connectivity index is 1.29. The van der Waals surface area contributed by atoms with Gasteiger partial charge in [0.2, 0.25) is 0 Å². The van der Waals surface area contributed by atoms with E-state index in [1.807, 2.05) is 0 Å². The minimum atomic E-state index is -0.0944. The maximum absolute atomic E-state index is 7.85. The fraction of sp³-hybridized carbons (Fsp3) is 0.200. The number of fused-ring (bicyclic) bond motifs is 7. The standard InChI is InChI=1S/C45H40ClN3S/c1-31-28-39(43(46)40(29-31)49-36-21-8-7-20-35(36)44(2)26-13-14-27-45(44,49)3)48-34-19-15-18-33(30-34)47(32-16-5-4-6-17-32)37-22-9-11-24-41(37)50-42-25-12-10-23-38(42)48/h4-12,15-25,28-30H,13-14,26-27H2,1-3H3. The summed E-state index contributed by atoms with van der Waals surface area (Å²) >= 11 is 9.65. The molecule has 0 spiro atoms. The highest BCUT2D eigenvalue weighted by molar-refractivity contribution is 7.99. The van der Waals surface area contributed by atoms with Crippen molar-refractivity contribution >= 4 is 68.9 Å². The molecule has 0 N–H and O–H groups in total. The third-order valence-electron chi connectivity index (χ3n) is 11.5. The SMILES string of the molecule is Cc1cc(N2c3cccc(c3)N(c3ccccc3)c3ccccc3Sc3ccccc32)c(Cl)c(N2c3ccccc3C3(C)CCCCC23C)c1. The monoisotopic (exact) mass is 689 g/mol. The number of halogens is 1. The van der Waals surface area contributed by atoms with Crippen molar-refractivity contribution in [1.29, 1.82) is 0 Å². The van der Waals surface area contributed by atoms with Gasteiger partial charge in [0.1, 0.15) is 0 Å². The Morgan fingerprint density at radius 3 is 1.84 bits per heavy atom. The van der Waals surface area contributed by atoms with Crippen LogP contribution in [0.5, 0.6) is 0 Å². The molecule has 2 heterocycles. The van der Waals surface area contributed by atoms with Crippen molar-refractivity contribution in [2.24, 2.45) is 0 Å². The van der Waals surface area contributed by atoms with E-state index in [0.29, 0.717) is 0 Å². The third kappa shape index (κ3) is 4.72. The van der Waals surface area contributed by atoms with Crippen LogP contribution in [0.3, 0.4) is 0 Å². The Hall–Kier alpha value is -4.64. The van der Waals surface area contributed by atoms with Crippen molar-refractivity contribution in [3.63, 3.8) is 0 Å². The van der Waals surface area contributed by atoms with Crippen molar-refractivity contribution in [3.05, 3.63) is 156 Å². The summed E-state index contributed by atoms with van der Waals surface area (Å²) in [6.45, 7) is 7.16. The highest BCUT2D eigenvalue weighted by Crippen LogP contribution is 2.62. The molecule has 1 saturated carbocycles. The quantitative estimate of drug-likeness (QED) is 0.183. The molecular formula is C45H40ClN3S. The summed E-state index contributed by atoms with van der Waals surface area (Å²) in [5, 5.41) is 0.768. The molecule has 0 aromatic heterocycles. The van der Waals surface area contributed by atoms with Crippen LogP contribution >= 0.6 is 23.4 Å². The van der Waals surface area contributed by atoms with Gasteiger partial charge in [-0.2, -0.15) is 0 Å². The van der Waals surface area contributed by atoms with E-state index in [9.17, 15) is 0 Å². The lowest BCUT2D eigenvalue weighted by Gasteiger charge is -2.50. The predicted molar refractivity (Wildman–Crippen MR) is 212 cm³/mol. The van der Waals surface area contributed by atoms with Crippen LogP contribution in [-0.4, -0.2) is 5.54 Å². The molecule has 6 aromatic rings. The van der Waals surface area contributed by atoms with E-state index in [1.54, 1.807) is 11.8 Å². The second-order valence-electron chi connectivity index (χ2n) is 14.3. The molecule has 6 aromatic carbocycles. The largest absolute Gasteiger partial charge is 0.333 e. The molecular weight excluding hydrogens is 650 g/mol. The minimum absolute atomic E-state index is 0.0393. The first-order valence-corrected chi connectivity index (χ1v) is 18.9. The zero-order valence-corrected chi connectivity index (χ0v) is 30.3. The molecule has 0 saturated heterocycles. The van der Waals surface area contributed by atoms with Crippen molar-refractivity contribution in [3.8, 4) is 0 Å². The van der Waals surface area contributed by atoms with Gasteiger partial charge in [0, 0.05) is 38.0 Å². The highest BCUT2D eigenvalue weighted by atomic mass is 35.5. The lowest BCUT2D eigenvalue weighted by atomic mass is 9.61. The van der Waals surface area contributed by atoms with Crippen LogP contribution < -0.4 is 14.7 Å². The number of rotatable bonds is 3. The number of hydrogen-bond acceptors (Lipinski definition) is 4. The normalized spacial score (nSPS) is 20.8. The number of aryl methyl sites for hydroxylation is 1. The van der Waals surface area contributed by atoms with Gasteiger partial charge in [0.05, 0.1) is 33.3 Å². The molecule has 3 aliphatic rings. The summed E-state index contributed by atoms with van der Waals surface area (Å²) in [6.07, 6.45) is 4.77. The van der Waals surface area contributed by atoms with Crippen LogP contribution in [0, 0.1) is 6.92 Å². The Kier molecular flexibility index (Phi) is 7.53.